The van der Waals surface area contributed by atoms with E-state index in [9.17, 15) is 0 Å². The lowest BCUT2D eigenvalue weighted by Crippen LogP contribution is -2.23. The number of hydrogen-bond acceptors (Lipinski definition) is 4. The molecule has 8 rings (SSSR count). The standard InChI is InChI=1S/C45H38N2OS/c1-4-31-19-21-32(22-20-31)30-48-37-16-12-15-35(28-37)47(34-13-8-7-9-14-34)36-24-26-39-38-25-23-33(44-46-42-17-10-11-18-43(42)49-44)27-40(38)45(5-2,6-3)41(39)29-36/h4,7-29H,1,5-6,30H2,2-3H3. The molecule has 0 saturated carbocycles. The molecule has 0 N–H and O–H groups in total. The molecule has 3 nitrogen and oxygen atoms in total. The fourth-order valence-electron chi connectivity index (χ4n) is 7.42. The maximum atomic E-state index is 6.32. The van der Waals surface area contributed by atoms with E-state index in [1.807, 2.05) is 12.1 Å². The van der Waals surface area contributed by atoms with E-state index >= 15 is 0 Å². The van der Waals surface area contributed by atoms with E-state index in [0.29, 0.717) is 6.61 Å². The highest BCUT2D eigenvalue weighted by Crippen LogP contribution is 2.55. The Bertz CT molecular complexity index is 2250. The van der Waals surface area contributed by atoms with Crippen molar-refractivity contribution < 1.29 is 4.74 Å². The lowest BCUT2D eigenvalue weighted by Gasteiger charge is -2.32. The zero-order valence-electron chi connectivity index (χ0n) is 27.9. The van der Waals surface area contributed by atoms with E-state index in [-0.39, 0.29) is 5.41 Å². The summed E-state index contributed by atoms with van der Waals surface area (Å²) in [4.78, 5) is 7.35. The quantitative estimate of drug-likeness (QED) is 0.147. The molecule has 1 aliphatic carbocycles. The molecule has 1 aliphatic rings. The van der Waals surface area contributed by atoms with Crippen LogP contribution in [0.2, 0.25) is 0 Å². The molecular formula is C45H38N2OS. The third-order valence-electron chi connectivity index (χ3n) is 10.1. The van der Waals surface area contributed by atoms with Crippen molar-refractivity contribution in [1.82, 2.24) is 4.98 Å². The van der Waals surface area contributed by atoms with Gasteiger partial charge in [0.05, 0.1) is 10.2 Å². The van der Waals surface area contributed by atoms with Gasteiger partial charge in [0, 0.05) is 34.1 Å². The van der Waals surface area contributed by atoms with Crippen molar-refractivity contribution in [2.75, 3.05) is 4.90 Å². The first kappa shape index (κ1) is 30.9. The topological polar surface area (TPSA) is 25.4 Å². The molecular weight excluding hydrogens is 617 g/mol. The Morgan fingerprint density at radius 3 is 2.14 bits per heavy atom. The zero-order chi connectivity index (χ0) is 33.4. The Balaban J connectivity index is 1.18. The summed E-state index contributed by atoms with van der Waals surface area (Å²) in [6.45, 7) is 9.03. The normalized spacial score (nSPS) is 12.8. The minimum absolute atomic E-state index is 0.0954. The molecule has 0 atom stereocenters. The number of nitrogens with zero attached hydrogens (tertiary/aromatic N) is 2. The smallest absolute Gasteiger partial charge is 0.124 e. The highest BCUT2D eigenvalue weighted by atomic mass is 32.1. The highest BCUT2D eigenvalue weighted by molar-refractivity contribution is 7.21. The lowest BCUT2D eigenvalue weighted by molar-refractivity contribution is 0.306. The second-order valence-corrected chi connectivity index (χ2v) is 13.7. The van der Waals surface area contributed by atoms with Crippen LogP contribution in [0, 0.1) is 0 Å². The summed E-state index contributed by atoms with van der Waals surface area (Å²) in [5.74, 6) is 0.832. The van der Waals surface area contributed by atoms with Crippen molar-refractivity contribution in [2.45, 2.75) is 38.7 Å². The number of hydrogen-bond donors (Lipinski definition) is 0. The van der Waals surface area contributed by atoms with E-state index in [0.717, 1.165) is 57.3 Å². The van der Waals surface area contributed by atoms with Crippen molar-refractivity contribution in [3.8, 4) is 27.4 Å². The Kier molecular flexibility index (Phi) is 8.10. The molecule has 6 aromatic carbocycles. The summed E-state index contributed by atoms with van der Waals surface area (Å²) in [7, 11) is 0. The molecule has 0 amide bonds. The molecule has 0 spiro atoms. The van der Waals surface area contributed by atoms with Crippen LogP contribution in [-0.2, 0) is 12.0 Å². The predicted octanol–water partition coefficient (Wildman–Crippen LogP) is 12.7. The zero-order valence-corrected chi connectivity index (χ0v) is 28.7. The number of anilines is 3. The third-order valence-corrected chi connectivity index (χ3v) is 11.1. The van der Waals surface area contributed by atoms with Gasteiger partial charge < -0.3 is 9.64 Å². The van der Waals surface area contributed by atoms with Gasteiger partial charge >= 0.3 is 0 Å². The fourth-order valence-corrected chi connectivity index (χ4v) is 8.38. The first-order chi connectivity index (χ1) is 24.1. The van der Waals surface area contributed by atoms with Crippen molar-refractivity contribution in [3.63, 3.8) is 0 Å². The molecule has 0 fully saturated rings. The van der Waals surface area contributed by atoms with Gasteiger partial charge in [-0.05, 0) is 101 Å². The summed E-state index contributed by atoms with van der Waals surface area (Å²) >= 11 is 1.77. The van der Waals surface area contributed by atoms with Crippen LogP contribution in [0.5, 0.6) is 5.75 Å². The van der Waals surface area contributed by atoms with Crippen LogP contribution < -0.4 is 9.64 Å². The number of aromatic nitrogens is 1. The molecule has 0 radical (unpaired) electrons. The maximum Gasteiger partial charge on any atom is 0.124 e. The van der Waals surface area contributed by atoms with Gasteiger partial charge in [-0.1, -0.05) is 105 Å². The summed E-state index contributed by atoms with van der Waals surface area (Å²) < 4.78 is 7.55. The summed E-state index contributed by atoms with van der Waals surface area (Å²) in [5.41, 5.74) is 13.1. The first-order valence-corrected chi connectivity index (χ1v) is 17.9. The van der Waals surface area contributed by atoms with E-state index in [1.54, 1.807) is 11.3 Å². The number of thiazole rings is 1. The number of rotatable bonds is 10. The van der Waals surface area contributed by atoms with Gasteiger partial charge in [-0.2, -0.15) is 0 Å². The van der Waals surface area contributed by atoms with Crippen LogP contribution in [-0.4, -0.2) is 4.98 Å². The van der Waals surface area contributed by atoms with Crippen LogP contribution in [0.3, 0.4) is 0 Å². The minimum atomic E-state index is -0.0954. The largest absolute Gasteiger partial charge is 0.489 e. The molecule has 240 valence electrons. The van der Waals surface area contributed by atoms with Crippen LogP contribution in [0.25, 0.3) is 38.0 Å². The molecule has 0 bridgehead atoms. The van der Waals surface area contributed by atoms with Crippen LogP contribution in [0.4, 0.5) is 17.1 Å². The first-order valence-electron chi connectivity index (χ1n) is 17.0. The van der Waals surface area contributed by atoms with Crippen LogP contribution in [0.15, 0.2) is 146 Å². The van der Waals surface area contributed by atoms with Gasteiger partial charge in [0.15, 0.2) is 0 Å². The van der Waals surface area contributed by atoms with Crippen LogP contribution >= 0.6 is 11.3 Å². The lowest BCUT2D eigenvalue weighted by atomic mass is 9.73. The SMILES string of the molecule is C=Cc1ccc(COc2cccc(N(c3ccccc3)c3ccc4c(c3)C(CC)(CC)c3cc(-c5nc6ccccc6s5)ccc3-4)c2)cc1. The van der Waals surface area contributed by atoms with Crippen molar-refractivity contribution in [1.29, 1.82) is 0 Å². The summed E-state index contributed by atoms with van der Waals surface area (Å²) in [6.07, 6.45) is 3.88. The Labute approximate surface area is 292 Å². The van der Waals surface area contributed by atoms with Crippen LogP contribution in [0.1, 0.15) is 48.9 Å². The molecule has 4 heteroatoms. The van der Waals surface area contributed by atoms with E-state index < -0.39 is 0 Å². The molecule has 0 aliphatic heterocycles. The van der Waals surface area contributed by atoms with Gasteiger partial charge in [0.25, 0.3) is 0 Å². The van der Waals surface area contributed by atoms with E-state index in [2.05, 4.69) is 159 Å². The molecule has 49 heavy (non-hydrogen) atoms. The molecule has 0 unspecified atom stereocenters. The second kappa shape index (κ2) is 12.9. The van der Waals surface area contributed by atoms with Gasteiger partial charge in [0.2, 0.25) is 0 Å². The summed E-state index contributed by atoms with van der Waals surface area (Å²) in [6, 6.07) is 49.8. The molecule has 0 saturated heterocycles. The number of ether oxygens (including phenoxy) is 1. The van der Waals surface area contributed by atoms with E-state index in [4.69, 9.17) is 9.72 Å². The molecule has 1 heterocycles. The fraction of sp³-hybridized carbons (Fsp3) is 0.133. The number of fused-ring (bicyclic) bond motifs is 4. The monoisotopic (exact) mass is 654 g/mol. The van der Waals surface area contributed by atoms with Crippen molar-refractivity contribution in [3.05, 3.63) is 168 Å². The van der Waals surface area contributed by atoms with E-state index in [1.165, 1.54) is 32.5 Å². The Morgan fingerprint density at radius 2 is 1.39 bits per heavy atom. The second-order valence-electron chi connectivity index (χ2n) is 12.7. The Hall–Kier alpha value is -5.45. The maximum absolute atomic E-state index is 6.32. The Morgan fingerprint density at radius 1 is 0.694 bits per heavy atom. The van der Waals surface area contributed by atoms with Gasteiger partial charge in [-0.15, -0.1) is 11.3 Å². The minimum Gasteiger partial charge on any atom is -0.489 e. The average Bonchev–Trinajstić information content (AvgIpc) is 3.72. The van der Waals surface area contributed by atoms with Gasteiger partial charge in [0.1, 0.15) is 17.4 Å². The number of para-hydroxylation sites is 2. The third kappa shape index (κ3) is 5.52. The van der Waals surface area contributed by atoms with Gasteiger partial charge in [-0.25, -0.2) is 4.98 Å². The number of benzene rings is 6. The predicted molar refractivity (Wildman–Crippen MR) is 207 cm³/mol. The highest BCUT2D eigenvalue weighted by Gasteiger charge is 2.41. The molecule has 1 aromatic heterocycles. The average molecular weight is 655 g/mol. The van der Waals surface area contributed by atoms with Crippen molar-refractivity contribution >= 4 is 44.7 Å². The van der Waals surface area contributed by atoms with Gasteiger partial charge in [-0.3, -0.25) is 0 Å². The molecule has 7 aromatic rings. The summed E-state index contributed by atoms with van der Waals surface area (Å²) in [5, 5.41) is 1.08. The van der Waals surface area contributed by atoms with Crippen molar-refractivity contribution in [2.24, 2.45) is 0 Å².